The van der Waals surface area contributed by atoms with Crippen molar-refractivity contribution in [2.45, 2.75) is 13.0 Å². The number of aliphatic hydroxyl groups is 1. The van der Waals surface area contributed by atoms with Gasteiger partial charge in [0.15, 0.2) is 0 Å². The van der Waals surface area contributed by atoms with Crippen molar-refractivity contribution in [3.8, 4) is 0 Å². The van der Waals surface area contributed by atoms with Crippen LogP contribution in [0, 0.1) is 0 Å². The highest BCUT2D eigenvalue weighted by atomic mass is 16.3. The average Bonchev–Trinajstić information content (AvgIpc) is 2.48. The Morgan fingerprint density at radius 3 is 2.92 bits per heavy atom. The van der Waals surface area contributed by atoms with Crippen LogP contribution in [-0.4, -0.2) is 14.9 Å². The molecule has 3 heteroatoms. The van der Waals surface area contributed by atoms with Gasteiger partial charge in [0.2, 0.25) is 0 Å². The van der Waals surface area contributed by atoms with Gasteiger partial charge in [0, 0.05) is 12.4 Å². The number of aryl methyl sites for hydroxylation is 1. The van der Waals surface area contributed by atoms with Crippen molar-refractivity contribution in [1.29, 1.82) is 0 Å². The Balaban J connectivity index is 2.77. The smallest absolute Gasteiger partial charge is 0.0769 e. The summed E-state index contributed by atoms with van der Waals surface area (Å²) in [5.74, 6) is 0. The third kappa shape index (κ3) is 1.21. The molecule has 13 heavy (non-hydrogen) atoms. The maximum absolute atomic E-state index is 9.49. The van der Waals surface area contributed by atoms with Gasteiger partial charge in [-0.25, -0.2) is 0 Å². The van der Waals surface area contributed by atoms with Gasteiger partial charge in [-0.05, 0) is 18.6 Å². The van der Waals surface area contributed by atoms with Gasteiger partial charge >= 0.3 is 0 Å². The number of fused-ring (bicyclic) bond motifs is 1. The lowest BCUT2D eigenvalue weighted by atomic mass is 10.1. The third-order valence-electron chi connectivity index (χ3n) is 2.28. The van der Waals surface area contributed by atoms with E-state index in [0.29, 0.717) is 0 Å². The number of aromatic nitrogens is 2. The third-order valence-corrected chi connectivity index (χ3v) is 2.28. The van der Waals surface area contributed by atoms with Crippen molar-refractivity contribution >= 4 is 10.9 Å². The molecule has 1 aromatic carbocycles. The Morgan fingerprint density at radius 2 is 2.23 bits per heavy atom. The maximum atomic E-state index is 9.49. The first-order valence-corrected chi connectivity index (χ1v) is 4.29. The van der Waals surface area contributed by atoms with E-state index >= 15 is 0 Å². The predicted molar refractivity (Wildman–Crippen MR) is 51.3 cm³/mol. The van der Waals surface area contributed by atoms with E-state index in [9.17, 15) is 5.11 Å². The van der Waals surface area contributed by atoms with E-state index in [4.69, 9.17) is 0 Å². The highest BCUT2D eigenvalue weighted by Gasteiger charge is 2.07. The fourth-order valence-corrected chi connectivity index (χ4v) is 1.56. The Morgan fingerprint density at radius 1 is 1.46 bits per heavy atom. The fourth-order valence-electron chi connectivity index (χ4n) is 1.56. The molecule has 0 radical (unpaired) electrons. The second kappa shape index (κ2) is 2.85. The van der Waals surface area contributed by atoms with Crippen LogP contribution in [-0.2, 0) is 7.05 Å². The maximum Gasteiger partial charge on any atom is 0.0769 e. The van der Waals surface area contributed by atoms with Crippen molar-refractivity contribution < 1.29 is 5.11 Å². The molecule has 0 amide bonds. The largest absolute Gasteiger partial charge is 0.389 e. The van der Waals surface area contributed by atoms with Crippen molar-refractivity contribution in [2.24, 2.45) is 7.05 Å². The molecule has 0 saturated carbocycles. The zero-order valence-corrected chi connectivity index (χ0v) is 7.73. The molecule has 0 aliphatic rings. The van der Waals surface area contributed by atoms with Gasteiger partial charge in [0.25, 0.3) is 0 Å². The molecule has 0 fully saturated rings. The van der Waals surface area contributed by atoms with E-state index in [0.717, 1.165) is 16.5 Å². The summed E-state index contributed by atoms with van der Waals surface area (Å²) in [6.45, 7) is 1.77. The van der Waals surface area contributed by atoms with Crippen LogP contribution in [0.3, 0.4) is 0 Å². The number of hydrogen-bond donors (Lipinski definition) is 1. The number of aliphatic hydroxyl groups excluding tert-OH is 1. The van der Waals surface area contributed by atoms with E-state index < -0.39 is 6.10 Å². The van der Waals surface area contributed by atoms with E-state index in [1.165, 1.54) is 0 Å². The first-order chi connectivity index (χ1) is 6.20. The highest BCUT2D eigenvalue weighted by Crippen LogP contribution is 2.22. The molecule has 0 spiro atoms. The lowest BCUT2D eigenvalue weighted by Crippen LogP contribution is -1.92. The second-order valence-corrected chi connectivity index (χ2v) is 3.22. The van der Waals surface area contributed by atoms with E-state index in [-0.39, 0.29) is 0 Å². The molecule has 0 unspecified atom stereocenters. The molecule has 3 nitrogen and oxygen atoms in total. The second-order valence-electron chi connectivity index (χ2n) is 3.22. The summed E-state index contributed by atoms with van der Waals surface area (Å²) >= 11 is 0. The van der Waals surface area contributed by atoms with Crippen molar-refractivity contribution in [1.82, 2.24) is 9.78 Å². The fraction of sp³-hybridized carbons (Fsp3) is 0.300. The van der Waals surface area contributed by atoms with E-state index in [1.54, 1.807) is 17.8 Å². The zero-order valence-electron chi connectivity index (χ0n) is 7.73. The van der Waals surface area contributed by atoms with Crippen molar-refractivity contribution in [3.63, 3.8) is 0 Å². The first-order valence-electron chi connectivity index (χ1n) is 4.29. The number of hydrogen-bond acceptors (Lipinski definition) is 2. The quantitative estimate of drug-likeness (QED) is 0.717. The van der Waals surface area contributed by atoms with Crippen molar-refractivity contribution in [3.05, 3.63) is 30.0 Å². The Kier molecular flexibility index (Phi) is 1.81. The predicted octanol–water partition coefficient (Wildman–Crippen LogP) is 1.63. The molecular weight excluding hydrogens is 164 g/mol. The molecule has 1 atom stereocenters. The van der Waals surface area contributed by atoms with Gasteiger partial charge in [0.05, 0.1) is 17.8 Å². The average molecular weight is 176 g/mol. The molecule has 1 heterocycles. The molecule has 1 N–H and O–H groups in total. The van der Waals surface area contributed by atoms with Gasteiger partial charge in [-0.15, -0.1) is 0 Å². The molecule has 68 valence electrons. The van der Waals surface area contributed by atoms with Gasteiger partial charge in [-0.1, -0.05) is 12.1 Å². The lowest BCUT2D eigenvalue weighted by molar-refractivity contribution is 0.201. The minimum Gasteiger partial charge on any atom is -0.389 e. The zero-order chi connectivity index (χ0) is 9.42. The van der Waals surface area contributed by atoms with Crippen LogP contribution in [0.2, 0.25) is 0 Å². The van der Waals surface area contributed by atoms with Gasteiger partial charge in [-0.2, -0.15) is 5.10 Å². The minimum atomic E-state index is -0.437. The van der Waals surface area contributed by atoms with Crippen LogP contribution < -0.4 is 0 Å². The molecule has 0 bridgehead atoms. The summed E-state index contributed by atoms with van der Waals surface area (Å²) in [5, 5.41) is 14.7. The molecule has 2 rings (SSSR count). The standard InChI is InChI=1S/C10H12N2O/c1-7(13)8-4-3-5-10-9(8)6-11-12(10)2/h3-7,13H,1-2H3/t7-/m1/s1. The molecule has 2 aromatic rings. The highest BCUT2D eigenvalue weighted by molar-refractivity contribution is 5.82. The topological polar surface area (TPSA) is 38.1 Å². The van der Waals surface area contributed by atoms with Gasteiger partial charge in [-0.3, -0.25) is 4.68 Å². The Hall–Kier alpha value is -1.35. The van der Waals surface area contributed by atoms with Gasteiger partial charge < -0.3 is 5.11 Å². The van der Waals surface area contributed by atoms with E-state index in [2.05, 4.69) is 5.10 Å². The lowest BCUT2D eigenvalue weighted by Gasteiger charge is -2.05. The summed E-state index contributed by atoms with van der Waals surface area (Å²) < 4.78 is 1.81. The number of nitrogens with zero attached hydrogens (tertiary/aromatic N) is 2. The van der Waals surface area contributed by atoms with Crippen LogP contribution in [0.4, 0.5) is 0 Å². The summed E-state index contributed by atoms with van der Waals surface area (Å²) in [4.78, 5) is 0. The van der Waals surface area contributed by atoms with Crippen molar-refractivity contribution in [2.75, 3.05) is 0 Å². The Labute approximate surface area is 76.6 Å². The molecule has 0 saturated heterocycles. The Bertz CT molecular complexity index is 431. The van der Waals surface area contributed by atoms with Crippen LogP contribution in [0.15, 0.2) is 24.4 Å². The van der Waals surface area contributed by atoms with Gasteiger partial charge in [0.1, 0.15) is 0 Å². The molecule has 0 aliphatic heterocycles. The monoisotopic (exact) mass is 176 g/mol. The molecule has 1 aromatic heterocycles. The van der Waals surface area contributed by atoms with Crippen LogP contribution in [0.5, 0.6) is 0 Å². The molecular formula is C10H12N2O. The van der Waals surface area contributed by atoms with Crippen LogP contribution in [0.25, 0.3) is 10.9 Å². The SMILES string of the molecule is C[C@@H](O)c1cccc2c1cnn2C. The normalized spacial score (nSPS) is 13.5. The van der Waals surface area contributed by atoms with E-state index in [1.807, 2.05) is 25.2 Å². The number of benzene rings is 1. The number of rotatable bonds is 1. The first kappa shape index (κ1) is 8.26. The summed E-state index contributed by atoms with van der Waals surface area (Å²) in [6.07, 6.45) is 1.35. The summed E-state index contributed by atoms with van der Waals surface area (Å²) in [6, 6.07) is 5.86. The van der Waals surface area contributed by atoms with Crippen LogP contribution >= 0.6 is 0 Å². The molecule has 0 aliphatic carbocycles. The van der Waals surface area contributed by atoms with Crippen LogP contribution in [0.1, 0.15) is 18.6 Å². The minimum absolute atomic E-state index is 0.437. The summed E-state index contributed by atoms with van der Waals surface area (Å²) in [5.41, 5.74) is 1.99. The summed E-state index contributed by atoms with van der Waals surface area (Å²) in [7, 11) is 1.90.